The van der Waals surface area contributed by atoms with Crippen molar-refractivity contribution in [3.05, 3.63) is 53.1 Å². The molecule has 33 heavy (non-hydrogen) atoms. The number of imidazole rings is 1. The number of hydrogen-bond acceptors (Lipinski definition) is 7. The van der Waals surface area contributed by atoms with E-state index in [0.717, 1.165) is 33.1 Å². The summed E-state index contributed by atoms with van der Waals surface area (Å²) in [5.74, 6) is -2.54. The molecule has 0 saturated carbocycles. The Bertz CT molecular complexity index is 1290. The van der Waals surface area contributed by atoms with Gasteiger partial charge in [0, 0.05) is 17.2 Å². The summed E-state index contributed by atoms with van der Waals surface area (Å²) in [6.07, 6.45) is 6.05. The number of aryl methyl sites for hydroxylation is 3. The number of aliphatic hydroxyl groups is 1. The number of rotatable bonds is 7. The van der Waals surface area contributed by atoms with E-state index in [2.05, 4.69) is 10.6 Å². The van der Waals surface area contributed by atoms with Crippen molar-refractivity contribution in [2.45, 2.75) is 43.3 Å². The van der Waals surface area contributed by atoms with E-state index < -0.39 is 18.0 Å². The molecule has 2 aromatic heterocycles. The van der Waals surface area contributed by atoms with Gasteiger partial charge in [0.15, 0.2) is 4.34 Å². The van der Waals surface area contributed by atoms with Gasteiger partial charge in [-0.05, 0) is 18.6 Å². The highest BCUT2D eigenvalue weighted by molar-refractivity contribution is 8.04. The SMILES string of the molecule is C[C@@H](O)[C@H]1C(=O)N2C(C(=O)[O-])=C(Sc3nc4c(CCn5cc[n+](C)c5)cccc4s3)[C@H](C)[C@H]12. The van der Waals surface area contributed by atoms with Crippen molar-refractivity contribution in [3.8, 4) is 0 Å². The van der Waals surface area contributed by atoms with Crippen LogP contribution in [-0.4, -0.2) is 43.6 Å². The first kappa shape index (κ1) is 22.1. The monoisotopic (exact) mass is 484 g/mol. The fraction of sp³-hybridized carbons (Fsp3) is 0.391. The number of aliphatic carboxylic acids is 1. The van der Waals surface area contributed by atoms with Gasteiger partial charge in [0.05, 0.1) is 53.5 Å². The van der Waals surface area contributed by atoms with E-state index in [4.69, 9.17) is 4.98 Å². The third-order valence-corrected chi connectivity index (χ3v) is 8.81. The maximum Gasteiger partial charge on any atom is 0.243 e. The molecule has 1 fully saturated rings. The second-order valence-electron chi connectivity index (χ2n) is 8.67. The van der Waals surface area contributed by atoms with E-state index in [0.29, 0.717) is 4.91 Å². The number of carboxylic acid groups (broad SMARTS) is 1. The predicted molar refractivity (Wildman–Crippen MR) is 122 cm³/mol. The van der Waals surface area contributed by atoms with E-state index in [1.54, 1.807) is 6.92 Å². The van der Waals surface area contributed by atoms with Crippen LogP contribution in [0, 0.1) is 11.8 Å². The van der Waals surface area contributed by atoms with Crippen LogP contribution >= 0.6 is 23.1 Å². The molecule has 10 heteroatoms. The first-order chi connectivity index (χ1) is 15.8. The minimum absolute atomic E-state index is 0.0839. The highest BCUT2D eigenvalue weighted by Crippen LogP contribution is 2.52. The second kappa shape index (κ2) is 8.27. The summed E-state index contributed by atoms with van der Waals surface area (Å²) in [4.78, 5) is 31.2. The van der Waals surface area contributed by atoms with Crippen LogP contribution in [0.3, 0.4) is 0 Å². The number of hydrogen-bond donors (Lipinski definition) is 1. The minimum Gasteiger partial charge on any atom is -0.543 e. The molecular weight excluding hydrogens is 460 g/mol. The van der Waals surface area contributed by atoms with Crippen molar-refractivity contribution in [1.82, 2.24) is 14.5 Å². The number of carbonyl (C=O) groups is 2. The van der Waals surface area contributed by atoms with Gasteiger partial charge in [0.2, 0.25) is 12.2 Å². The number of nitrogens with zero attached hydrogens (tertiary/aromatic N) is 4. The fourth-order valence-corrected chi connectivity index (χ4v) is 7.23. The van der Waals surface area contributed by atoms with Crippen molar-refractivity contribution in [2.75, 3.05) is 0 Å². The summed E-state index contributed by atoms with van der Waals surface area (Å²) in [5.41, 5.74) is 1.97. The lowest BCUT2D eigenvalue weighted by molar-refractivity contribution is -0.671. The van der Waals surface area contributed by atoms with Crippen LogP contribution in [-0.2, 0) is 29.6 Å². The topological polar surface area (TPSA) is 102 Å². The van der Waals surface area contributed by atoms with Crippen molar-refractivity contribution < 1.29 is 24.4 Å². The molecule has 0 bridgehead atoms. The lowest BCUT2D eigenvalue weighted by atomic mass is 9.79. The molecule has 5 rings (SSSR count). The van der Waals surface area contributed by atoms with Crippen molar-refractivity contribution in [2.24, 2.45) is 18.9 Å². The Labute approximate surface area is 199 Å². The molecule has 172 valence electrons. The lowest BCUT2D eigenvalue weighted by Gasteiger charge is -2.47. The molecule has 0 unspecified atom stereocenters. The fourth-order valence-electron chi connectivity index (χ4n) is 4.86. The number of aliphatic hydroxyl groups excluding tert-OH is 1. The van der Waals surface area contributed by atoms with Gasteiger partial charge in [-0.15, -0.1) is 11.3 Å². The van der Waals surface area contributed by atoms with E-state index in [-0.39, 0.29) is 23.6 Å². The zero-order valence-electron chi connectivity index (χ0n) is 18.5. The molecule has 3 aromatic rings. The molecular formula is C23H24N4O4S2. The summed E-state index contributed by atoms with van der Waals surface area (Å²) in [6.45, 7) is 4.29. The van der Waals surface area contributed by atoms with Crippen LogP contribution in [0.5, 0.6) is 0 Å². The lowest BCUT2D eigenvalue weighted by Crippen LogP contribution is -2.64. The number of thioether (sulfide) groups is 1. The molecule has 4 heterocycles. The Morgan fingerprint density at radius 3 is 2.88 bits per heavy atom. The third kappa shape index (κ3) is 3.66. The Kier molecular flexibility index (Phi) is 5.54. The molecule has 4 atom stereocenters. The van der Waals surface area contributed by atoms with Crippen LogP contribution in [0.1, 0.15) is 19.4 Å². The van der Waals surface area contributed by atoms with Crippen LogP contribution < -0.4 is 9.67 Å². The average Bonchev–Trinajstić information content (AvgIpc) is 3.42. The van der Waals surface area contributed by atoms with E-state index >= 15 is 0 Å². The van der Waals surface area contributed by atoms with Crippen molar-refractivity contribution >= 4 is 45.2 Å². The Balaban J connectivity index is 1.43. The zero-order chi connectivity index (χ0) is 23.4. The first-order valence-corrected chi connectivity index (χ1v) is 12.4. The van der Waals surface area contributed by atoms with E-state index in [1.807, 2.05) is 49.4 Å². The Morgan fingerprint density at radius 2 is 2.21 bits per heavy atom. The molecule has 2 aliphatic rings. The molecule has 1 aromatic carbocycles. The number of β-lactam (4-membered cyclic amide) rings is 1. The number of para-hydroxylation sites is 1. The second-order valence-corrected chi connectivity index (χ2v) is 11.0. The average molecular weight is 485 g/mol. The van der Waals surface area contributed by atoms with Gasteiger partial charge in [0.25, 0.3) is 0 Å². The number of carbonyl (C=O) groups excluding carboxylic acids is 2. The Morgan fingerprint density at radius 1 is 1.42 bits per heavy atom. The summed E-state index contributed by atoms with van der Waals surface area (Å²) in [7, 11) is 1.99. The maximum atomic E-state index is 12.5. The van der Waals surface area contributed by atoms with Gasteiger partial charge in [-0.2, -0.15) is 0 Å². The Hall–Kier alpha value is -2.69. The molecule has 1 saturated heterocycles. The number of benzene rings is 1. The third-order valence-electron chi connectivity index (χ3n) is 6.45. The van der Waals surface area contributed by atoms with Crippen LogP contribution in [0.25, 0.3) is 10.2 Å². The molecule has 0 spiro atoms. The minimum atomic E-state index is -1.37. The van der Waals surface area contributed by atoms with E-state index in [9.17, 15) is 19.8 Å². The summed E-state index contributed by atoms with van der Waals surface area (Å²) >= 11 is 2.80. The quantitative estimate of drug-likeness (QED) is 0.398. The largest absolute Gasteiger partial charge is 0.543 e. The highest BCUT2D eigenvalue weighted by Gasteiger charge is 2.58. The van der Waals surface area contributed by atoms with Gasteiger partial charge >= 0.3 is 0 Å². The predicted octanol–water partition coefficient (Wildman–Crippen LogP) is 1.08. The number of fused-ring (bicyclic) bond motifs is 2. The van der Waals surface area contributed by atoms with Gasteiger partial charge in [-0.3, -0.25) is 4.79 Å². The summed E-state index contributed by atoms with van der Waals surface area (Å²) in [5, 5.41) is 22.0. The molecule has 1 amide bonds. The molecule has 0 aliphatic carbocycles. The van der Waals surface area contributed by atoms with Gasteiger partial charge in [-0.1, -0.05) is 30.8 Å². The van der Waals surface area contributed by atoms with Gasteiger partial charge in [-0.25, -0.2) is 14.1 Å². The van der Waals surface area contributed by atoms with Crippen LogP contribution in [0.4, 0.5) is 0 Å². The molecule has 0 radical (unpaired) electrons. The normalized spacial score (nSPS) is 23.2. The molecule has 1 N–H and O–H groups in total. The van der Waals surface area contributed by atoms with E-state index in [1.165, 1.54) is 28.0 Å². The number of thiazole rings is 1. The first-order valence-electron chi connectivity index (χ1n) is 10.8. The van der Waals surface area contributed by atoms with Gasteiger partial charge < -0.3 is 19.9 Å². The standard InChI is InChI=1S/C23H24N4O4S2/c1-12-18-16(13(2)28)21(29)27(18)19(22(30)31)20(12)33-23-24-17-14(5-4-6-15(17)32-23)7-8-26-10-9-25(3)11-26/h4-6,9-13,16,18,28H,7-8H2,1-3H3/t12-,13-,16-,18-/m1/s1. The summed E-state index contributed by atoms with van der Waals surface area (Å²) < 4.78 is 5.89. The molecule has 8 nitrogen and oxygen atoms in total. The highest BCUT2D eigenvalue weighted by atomic mass is 32.2. The number of aromatic nitrogens is 3. The zero-order valence-corrected chi connectivity index (χ0v) is 20.1. The smallest absolute Gasteiger partial charge is 0.243 e. The van der Waals surface area contributed by atoms with Gasteiger partial charge in [0.1, 0.15) is 12.4 Å². The van der Waals surface area contributed by atoms with Crippen molar-refractivity contribution in [3.63, 3.8) is 0 Å². The van der Waals surface area contributed by atoms with Crippen LogP contribution in [0.15, 0.2) is 51.9 Å². The summed E-state index contributed by atoms with van der Waals surface area (Å²) in [6, 6.07) is 5.74. The number of amides is 1. The molecule has 2 aliphatic heterocycles. The maximum absolute atomic E-state index is 12.5. The van der Waals surface area contributed by atoms with Crippen molar-refractivity contribution in [1.29, 1.82) is 0 Å². The van der Waals surface area contributed by atoms with Crippen LogP contribution in [0.2, 0.25) is 0 Å². The number of carboxylic acids is 1.